The van der Waals surface area contributed by atoms with E-state index in [2.05, 4.69) is 6.92 Å². The van der Waals surface area contributed by atoms with Crippen LogP contribution in [-0.2, 0) is 38.5 Å². The summed E-state index contributed by atoms with van der Waals surface area (Å²) in [5.74, 6) is 0. The van der Waals surface area contributed by atoms with E-state index in [0.717, 1.165) is 46.2 Å². The molecule has 0 saturated heterocycles. The van der Waals surface area contributed by atoms with Crippen LogP contribution in [0.3, 0.4) is 0 Å². The fourth-order valence-electron chi connectivity index (χ4n) is 4.49. The second kappa shape index (κ2) is 17.7. The monoisotopic (exact) mass is 920 g/mol. The summed E-state index contributed by atoms with van der Waals surface area (Å²) in [4.78, 5) is 0. The Hall–Kier alpha value is 4.65. The molecule has 0 fully saturated rings. The molecule has 20 heteroatoms. The van der Waals surface area contributed by atoms with Crippen LogP contribution in [-0.4, -0.2) is 30.0 Å². The fourth-order valence-corrected chi connectivity index (χ4v) is 11.4. The first-order valence-electron chi connectivity index (χ1n) is 11.9. The summed E-state index contributed by atoms with van der Waals surface area (Å²) in [6, 6.07) is -12.9. The quantitative estimate of drug-likeness (QED) is 0.108. The first-order chi connectivity index (χ1) is 17.4. The topological polar surface area (TPSA) is 0 Å². The minimum atomic E-state index is -3.00. The molecule has 0 nitrogen and oxygen atoms in total. The van der Waals surface area contributed by atoms with Gasteiger partial charge in [-0.1, -0.05) is 13.3 Å². The van der Waals surface area contributed by atoms with Crippen LogP contribution in [0.4, 0.5) is 0 Å². The second-order valence-corrected chi connectivity index (χ2v) is 55.6. The Morgan fingerprint density at radius 2 is 0.462 bits per heavy atom. The maximum absolute atomic E-state index is 6.35. The molecule has 1 rings (SSSR count). The van der Waals surface area contributed by atoms with Crippen LogP contribution in [0.15, 0.2) is 0 Å². The molecule has 39 heavy (non-hydrogen) atoms. The van der Waals surface area contributed by atoms with E-state index >= 15 is 0 Å². The molecule has 0 spiro atoms. The lowest BCUT2D eigenvalue weighted by atomic mass is 9.80. The molecule has 0 bridgehead atoms. The van der Waals surface area contributed by atoms with Crippen molar-refractivity contribution >= 4 is 196 Å². The van der Waals surface area contributed by atoms with E-state index in [0.29, 0.717) is 62.3 Å². The zero-order chi connectivity index (χ0) is 30.4. The molecule has 0 amide bonds. The Balaban J connectivity index is 4.10. The third-order valence-electron chi connectivity index (χ3n) is 5.98. The largest absolute Gasteiger partial charge is 0.341 e. The highest BCUT2D eigenvalue weighted by atomic mass is 35.9. The number of rotatable bonds is 17. The van der Waals surface area contributed by atoms with Gasteiger partial charge in [0.1, 0.15) is 0 Å². The van der Waals surface area contributed by atoms with Gasteiger partial charge in [0.25, 0.3) is 0 Å². The van der Waals surface area contributed by atoms with Crippen molar-refractivity contribution in [1.82, 2.24) is 0 Å². The molecule has 0 aliphatic carbocycles. The molecular weight excluding hydrogens is 900 g/mol. The molecule has 0 aromatic heterocycles. The van der Waals surface area contributed by atoms with Crippen molar-refractivity contribution in [2.45, 2.75) is 82.1 Å². The molecule has 228 valence electrons. The highest BCUT2D eigenvalue weighted by Crippen LogP contribution is 2.41. The highest BCUT2D eigenvalue weighted by Gasteiger charge is 2.35. The van der Waals surface area contributed by atoms with Gasteiger partial charge in [-0.2, -0.15) is 0 Å². The van der Waals surface area contributed by atoms with Crippen molar-refractivity contribution in [2.24, 2.45) is 0 Å². The van der Waals surface area contributed by atoms with Gasteiger partial charge in [0.15, 0.2) is 0 Å². The molecule has 0 heterocycles. The SMILES string of the molecule is CCCc1c(CC[Si](Cl)(Cl)Cl)c(CC[Si](Cl)(Cl)Cl)c(CC[Si](Cl)(Cl)Cl)c(CC[Si](Cl)(Cl)Cl)c1CC[Si](Cl)(Cl)Cl. The van der Waals surface area contributed by atoms with Crippen LogP contribution in [0.2, 0.25) is 30.2 Å². The van der Waals surface area contributed by atoms with E-state index < -0.39 is 30.0 Å². The number of hydrogen-bond donors (Lipinski definition) is 0. The molecule has 0 radical (unpaired) electrons. The molecule has 0 aliphatic rings. The lowest BCUT2D eigenvalue weighted by Crippen LogP contribution is -2.22. The van der Waals surface area contributed by atoms with Crippen molar-refractivity contribution in [2.75, 3.05) is 0 Å². The Morgan fingerprint density at radius 3 is 0.590 bits per heavy atom. The van der Waals surface area contributed by atoms with Gasteiger partial charge in [0.05, 0.1) is 0 Å². The van der Waals surface area contributed by atoms with Crippen LogP contribution in [0.1, 0.15) is 46.7 Å². The number of benzene rings is 1. The maximum atomic E-state index is 6.35. The molecular formula is C19H27Cl15Si5. The number of hydrogen-bond acceptors (Lipinski definition) is 0. The van der Waals surface area contributed by atoms with Crippen LogP contribution < -0.4 is 0 Å². The first kappa shape index (κ1) is 41.7. The predicted octanol–water partition coefficient (Wildman–Crippen LogP) is 13.6. The van der Waals surface area contributed by atoms with Crippen molar-refractivity contribution in [3.8, 4) is 0 Å². The first-order valence-corrected chi connectivity index (χ1v) is 38.1. The van der Waals surface area contributed by atoms with Crippen LogP contribution in [0.5, 0.6) is 0 Å². The molecule has 0 unspecified atom stereocenters. The van der Waals surface area contributed by atoms with Gasteiger partial charge in [0, 0.05) is 0 Å². The summed E-state index contributed by atoms with van der Waals surface area (Å²) in [5, 5.41) is 0. The smallest absolute Gasteiger partial charge is 0.126 e. The summed E-state index contributed by atoms with van der Waals surface area (Å²) in [6.07, 6.45) is 4.26. The van der Waals surface area contributed by atoms with E-state index in [4.69, 9.17) is 166 Å². The van der Waals surface area contributed by atoms with Gasteiger partial charge >= 0.3 is 30.0 Å². The van der Waals surface area contributed by atoms with E-state index in [1.54, 1.807) is 0 Å². The standard InChI is InChI=1S/C19H27Cl15Si5/c1-2-3-14-15(4-9-35(20,21)22)17(6-11-37(26,27)28)19(8-13-39(32,33)34)18(7-12-38(29,30)31)16(14)5-10-36(23,24)25/h2-13H2,1H3. The minimum absolute atomic E-state index is 0.387. The molecule has 1 aromatic carbocycles. The summed E-state index contributed by atoms with van der Waals surface area (Å²) in [6.45, 7) is 2.10. The average molecular weight is 928 g/mol. The molecule has 0 N–H and O–H groups in total. The zero-order valence-corrected chi connectivity index (χ0v) is 37.0. The van der Waals surface area contributed by atoms with Gasteiger partial charge in [-0.25, -0.2) is 0 Å². The van der Waals surface area contributed by atoms with Gasteiger partial charge in [-0.05, 0) is 102 Å². The lowest BCUT2D eigenvalue weighted by Gasteiger charge is -2.29. The van der Waals surface area contributed by atoms with Crippen molar-refractivity contribution in [3.05, 3.63) is 33.4 Å². The Labute approximate surface area is 307 Å². The summed E-state index contributed by atoms with van der Waals surface area (Å²) >= 11 is 95.2. The Kier molecular flexibility index (Phi) is 18.9. The van der Waals surface area contributed by atoms with Crippen molar-refractivity contribution < 1.29 is 0 Å². The summed E-state index contributed by atoms with van der Waals surface area (Å²) in [7, 11) is 0. The molecule has 0 atom stereocenters. The normalized spacial score (nSPS) is 13.8. The van der Waals surface area contributed by atoms with E-state index in [1.165, 1.54) is 0 Å². The number of halogens is 15. The van der Waals surface area contributed by atoms with Gasteiger partial charge < -0.3 is 0 Å². The van der Waals surface area contributed by atoms with Gasteiger partial charge in [0.2, 0.25) is 0 Å². The fraction of sp³-hybridized carbons (Fsp3) is 0.684. The molecule has 0 saturated carbocycles. The minimum Gasteiger partial charge on any atom is -0.126 e. The van der Waals surface area contributed by atoms with Gasteiger partial charge in [-0.15, -0.1) is 166 Å². The zero-order valence-electron chi connectivity index (χ0n) is 20.7. The third-order valence-corrected chi connectivity index (χ3v) is 18.6. The average Bonchev–Trinajstić information content (AvgIpc) is 2.70. The molecule has 1 aromatic rings. The van der Waals surface area contributed by atoms with Crippen LogP contribution in [0.25, 0.3) is 0 Å². The van der Waals surface area contributed by atoms with E-state index in [1.807, 2.05) is 0 Å². The van der Waals surface area contributed by atoms with Crippen LogP contribution in [0, 0.1) is 0 Å². The maximum Gasteiger partial charge on any atom is 0.341 e. The van der Waals surface area contributed by atoms with Crippen LogP contribution >= 0.6 is 166 Å². The second-order valence-electron chi connectivity index (χ2n) is 9.20. The van der Waals surface area contributed by atoms with Crippen molar-refractivity contribution in [3.63, 3.8) is 0 Å². The van der Waals surface area contributed by atoms with E-state index in [9.17, 15) is 0 Å². The van der Waals surface area contributed by atoms with Gasteiger partial charge in [-0.3, -0.25) is 0 Å². The predicted molar refractivity (Wildman–Crippen MR) is 200 cm³/mol. The summed E-state index contributed by atoms with van der Waals surface area (Å²) in [5.41, 5.74) is 6.40. The third kappa shape index (κ3) is 18.5. The summed E-state index contributed by atoms with van der Waals surface area (Å²) < 4.78 is 0. The molecule has 0 aliphatic heterocycles. The highest BCUT2D eigenvalue weighted by molar-refractivity contribution is 7.66. The van der Waals surface area contributed by atoms with E-state index in [-0.39, 0.29) is 0 Å². The Bertz CT molecular complexity index is 869. The Morgan fingerprint density at radius 1 is 0.308 bits per heavy atom. The lowest BCUT2D eigenvalue weighted by molar-refractivity contribution is 0.831. The van der Waals surface area contributed by atoms with Crippen molar-refractivity contribution in [1.29, 1.82) is 0 Å².